The van der Waals surface area contributed by atoms with Crippen LogP contribution in [0.5, 0.6) is 0 Å². The van der Waals surface area contributed by atoms with Crippen LogP contribution in [0.1, 0.15) is 40.5 Å². The van der Waals surface area contributed by atoms with E-state index in [0.717, 1.165) is 6.42 Å². The van der Waals surface area contributed by atoms with Crippen molar-refractivity contribution in [2.24, 2.45) is 23.0 Å². The molecular formula is C13H28N2O2. The lowest BCUT2D eigenvalue weighted by molar-refractivity contribution is -0.125. The van der Waals surface area contributed by atoms with Gasteiger partial charge < -0.3 is 16.2 Å². The fourth-order valence-corrected chi connectivity index (χ4v) is 1.74. The van der Waals surface area contributed by atoms with Gasteiger partial charge in [0.15, 0.2) is 0 Å². The molecule has 0 heterocycles. The first-order valence-corrected chi connectivity index (χ1v) is 6.41. The molecular weight excluding hydrogens is 216 g/mol. The zero-order valence-corrected chi connectivity index (χ0v) is 11.6. The highest BCUT2D eigenvalue weighted by Gasteiger charge is 2.22. The lowest BCUT2D eigenvalue weighted by Crippen LogP contribution is -2.40. The van der Waals surface area contributed by atoms with Crippen molar-refractivity contribution in [3.05, 3.63) is 0 Å². The van der Waals surface area contributed by atoms with Gasteiger partial charge in [0.25, 0.3) is 0 Å². The molecule has 4 N–H and O–H groups in total. The van der Waals surface area contributed by atoms with E-state index in [4.69, 9.17) is 10.8 Å². The first kappa shape index (κ1) is 16.4. The minimum absolute atomic E-state index is 0.0345. The van der Waals surface area contributed by atoms with Crippen LogP contribution in [0, 0.1) is 17.3 Å². The fourth-order valence-electron chi connectivity index (χ4n) is 1.74. The highest BCUT2D eigenvalue weighted by atomic mass is 16.3. The summed E-state index contributed by atoms with van der Waals surface area (Å²) >= 11 is 0. The minimum Gasteiger partial charge on any atom is -0.396 e. The largest absolute Gasteiger partial charge is 0.396 e. The van der Waals surface area contributed by atoms with Gasteiger partial charge in [-0.2, -0.15) is 0 Å². The summed E-state index contributed by atoms with van der Waals surface area (Å²) in [5.41, 5.74) is 5.55. The molecule has 0 rings (SSSR count). The van der Waals surface area contributed by atoms with Crippen LogP contribution in [0.3, 0.4) is 0 Å². The number of hydrogen-bond donors (Lipinski definition) is 3. The van der Waals surface area contributed by atoms with E-state index in [0.29, 0.717) is 25.4 Å². The summed E-state index contributed by atoms with van der Waals surface area (Å²) in [5, 5.41) is 11.8. The summed E-state index contributed by atoms with van der Waals surface area (Å²) in [6, 6.07) is 0. The zero-order chi connectivity index (χ0) is 13.5. The number of aliphatic hydroxyl groups excluding tert-OH is 1. The second kappa shape index (κ2) is 7.67. The molecule has 0 aromatic carbocycles. The molecule has 0 saturated heterocycles. The number of amides is 1. The number of nitrogens with two attached hydrogens (primary N) is 1. The van der Waals surface area contributed by atoms with E-state index in [1.807, 2.05) is 13.8 Å². The molecule has 1 amide bonds. The normalized spacial score (nSPS) is 13.8. The van der Waals surface area contributed by atoms with Crippen LogP contribution < -0.4 is 11.1 Å². The number of hydrogen-bond acceptors (Lipinski definition) is 3. The van der Waals surface area contributed by atoms with E-state index >= 15 is 0 Å². The third-order valence-corrected chi connectivity index (χ3v) is 2.94. The molecule has 102 valence electrons. The third-order valence-electron chi connectivity index (χ3n) is 2.94. The van der Waals surface area contributed by atoms with Crippen molar-refractivity contribution in [2.45, 2.75) is 40.5 Å². The Morgan fingerprint density at radius 3 is 2.41 bits per heavy atom. The first-order chi connectivity index (χ1) is 7.82. The molecule has 0 aliphatic rings. The minimum atomic E-state index is -0.0973. The molecule has 4 nitrogen and oxygen atoms in total. The second-order valence-corrected chi connectivity index (χ2v) is 5.92. The van der Waals surface area contributed by atoms with Gasteiger partial charge in [0, 0.05) is 19.7 Å². The first-order valence-electron chi connectivity index (χ1n) is 6.41. The van der Waals surface area contributed by atoms with Crippen LogP contribution in [0.2, 0.25) is 0 Å². The number of aliphatic hydroxyl groups is 1. The van der Waals surface area contributed by atoms with Crippen LogP contribution in [-0.4, -0.2) is 30.7 Å². The molecule has 0 bridgehead atoms. The average Bonchev–Trinajstić information content (AvgIpc) is 2.22. The Labute approximate surface area is 105 Å². The molecule has 0 spiro atoms. The number of rotatable bonds is 8. The summed E-state index contributed by atoms with van der Waals surface area (Å²) in [6.07, 6.45) is 1.51. The van der Waals surface area contributed by atoms with Crippen LogP contribution in [-0.2, 0) is 4.79 Å². The molecule has 1 atom stereocenters. The van der Waals surface area contributed by atoms with Crippen molar-refractivity contribution in [1.29, 1.82) is 0 Å². The summed E-state index contributed by atoms with van der Waals surface area (Å²) in [4.78, 5) is 11.9. The maximum absolute atomic E-state index is 11.9. The smallest absolute Gasteiger partial charge is 0.224 e. The van der Waals surface area contributed by atoms with Gasteiger partial charge in [0.05, 0.1) is 5.92 Å². The number of carbonyl (C=O) groups excluding carboxylic acids is 1. The highest BCUT2D eigenvalue weighted by Crippen LogP contribution is 2.18. The van der Waals surface area contributed by atoms with E-state index in [1.165, 1.54) is 0 Å². The summed E-state index contributed by atoms with van der Waals surface area (Å²) in [6.45, 7) is 9.37. The number of nitrogens with one attached hydrogen (secondary N) is 1. The van der Waals surface area contributed by atoms with Crippen molar-refractivity contribution in [3.8, 4) is 0 Å². The molecule has 1 unspecified atom stereocenters. The van der Waals surface area contributed by atoms with Gasteiger partial charge >= 0.3 is 0 Å². The second-order valence-electron chi connectivity index (χ2n) is 5.92. The Morgan fingerprint density at radius 2 is 2.00 bits per heavy atom. The molecule has 17 heavy (non-hydrogen) atoms. The SMILES string of the molecule is CC(C)CC(CN)C(=O)NCC(C)(C)CCO. The Balaban J connectivity index is 4.14. The quantitative estimate of drug-likeness (QED) is 0.599. The predicted octanol–water partition coefficient (Wildman–Crippen LogP) is 1.13. The molecule has 0 aliphatic heterocycles. The Hall–Kier alpha value is -0.610. The maximum atomic E-state index is 11.9. The number of carbonyl (C=O) groups is 1. The van der Waals surface area contributed by atoms with E-state index < -0.39 is 0 Å². The molecule has 0 aromatic heterocycles. The zero-order valence-electron chi connectivity index (χ0n) is 11.6. The monoisotopic (exact) mass is 244 g/mol. The lowest BCUT2D eigenvalue weighted by atomic mass is 9.89. The van der Waals surface area contributed by atoms with Gasteiger partial charge in [-0.05, 0) is 24.2 Å². The lowest BCUT2D eigenvalue weighted by Gasteiger charge is -2.25. The Bertz CT molecular complexity index is 227. The maximum Gasteiger partial charge on any atom is 0.224 e. The molecule has 0 fully saturated rings. The van der Waals surface area contributed by atoms with Gasteiger partial charge in [-0.1, -0.05) is 27.7 Å². The molecule has 4 heteroatoms. The van der Waals surface area contributed by atoms with E-state index in [9.17, 15) is 4.79 Å². The molecule has 0 saturated carbocycles. The van der Waals surface area contributed by atoms with Crippen molar-refractivity contribution in [3.63, 3.8) is 0 Å². The van der Waals surface area contributed by atoms with Gasteiger partial charge in [-0.15, -0.1) is 0 Å². The summed E-state index contributed by atoms with van der Waals surface area (Å²) in [5.74, 6) is 0.409. The summed E-state index contributed by atoms with van der Waals surface area (Å²) in [7, 11) is 0. The molecule has 0 radical (unpaired) electrons. The van der Waals surface area contributed by atoms with Crippen LogP contribution in [0.15, 0.2) is 0 Å². The highest BCUT2D eigenvalue weighted by molar-refractivity contribution is 5.78. The van der Waals surface area contributed by atoms with E-state index in [1.54, 1.807) is 0 Å². The van der Waals surface area contributed by atoms with Crippen molar-refractivity contribution in [2.75, 3.05) is 19.7 Å². The Kier molecular flexibility index (Phi) is 7.39. The van der Waals surface area contributed by atoms with Gasteiger partial charge in [0.2, 0.25) is 5.91 Å². The molecule has 0 aromatic rings. The van der Waals surface area contributed by atoms with Crippen LogP contribution >= 0.6 is 0 Å². The van der Waals surface area contributed by atoms with E-state index in [2.05, 4.69) is 19.2 Å². The predicted molar refractivity (Wildman–Crippen MR) is 70.5 cm³/mol. The van der Waals surface area contributed by atoms with Crippen molar-refractivity contribution >= 4 is 5.91 Å². The van der Waals surface area contributed by atoms with Gasteiger partial charge in [-0.25, -0.2) is 0 Å². The van der Waals surface area contributed by atoms with Gasteiger partial charge in [0.1, 0.15) is 0 Å². The van der Waals surface area contributed by atoms with Gasteiger partial charge in [-0.3, -0.25) is 4.79 Å². The van der Waals surface area contributed by atoms with Crippen LogP contribution in [0.4, 0.5) is 0 Å². The average molecular weight is 244 g/mol. The standard InChI is InChI=1S/C13H28N2O2/c1-10(2)7-11(8-14)12(17)15-9-13(3,4)5-6-16/h10-11,16H,5-9,14H2,1-4H3,(H,15,17). The van der Waals surface area contributed by atoms with Crippen LogP contribution in [0.25, 0.3) is 0 Å². The van der Waals surface area contributed by atoms with Crippen molar-refractivity contribution in [1.82, 2.24) is 5.32 Å². The summed E-state index contributed by atoms with van der Waals surface area (Å²) < 4.78 is 0. The Morgan fingerprint density at radius 1 is 1.41 bits per heavy atom. The van der Waals surface area contributed by atoms with E-state index in [-0.39, 0.29) is 23.8 Å². The topological polar surface area (TPSA) is 75.4 Å². The fraction of sp³-hybridized carbons (Fsp3) is 0.923. The van der Waals surface area contributed by atoms with Crippen molar-refractivity contribution < 1.29 is 9.90 Å². The third kappa shape index (κ3) is 7.34. The molecule has 0 aliphatic carbocycles.